The zero-order valence-electron chi connectivity index (χ0n) is 16.1. The molecule has 4 aromatic rings. The van der Waals surface area contributed by atoms with Crippen LogP contribution >= 0.6 is 11.3 Å². The summed E-state index contributed by atoms with van der Waals surface area (Å²) in [7, 11) is 0. The molecule has 0 bridgehead atoms. The standard InChI is InChI=1S/C23H20N4OS/c1-15-8-13-22(29-15)20-14-21(26-25-20)23(28)27-24-16(2)17-9-11-19(12-10-17)18-6-4-3-5-7-18/h3-14H,1-2H3,(H,25,26)(H,27,28)/b24-16+. The van der Waals surface area contributed by atoms with Crippen LogP contribution in [0.3, 0.4) is 0 Å². The number of hydrogen-bond acceptors (Lipinski definition) is 4. The minimum atomic E-state index is -0.346. The van der Waals surface area contributed by atoms with Crippen molar-refractivity contribution in [3.8, 4) is 21.7 Å². The molecule has 0 radical (unpaired) electrons. The Bertz CT molecular complexity index is 1160. The van der Waals surface area contributed by atoms with Crippen molar-refractivity contribution in [2.75, 3.05) is 0 Å². The number of hydrazone groups is 1. The van der Waals surface area contributed by atoms with E-state index in [-0.39, 0.29) is 5.91 Å². The number of amides is 1. The summed E-state index contributed by atoms with van der Waals surface area (Å²) in [6.45, 7) is 3.91. The molecule has 0 saturated heterocycles. The van der Waals surface area contributed by atoms with Gasteiger partial charge in [0.2, 0.25) is 0 Å². The molecule has 0 unspecified atom stereocenters. The fourth-order valence-corrected chi connectivity index (χ4v) is 3.77. The van der Waals surface area contributed by atoms with Gasteiger partial charge in [0.1, 0.15) is 0 Å². The number of rotatable bonds is 5. The predicted octanol–water partition coefficient (Wildman–Crippen LogP) is 5.27. The van der Waals surface area contributed by atoms with Gasteiger partial charge in [-0.3, -0.25) is 9.89 Å². The van der Waals surface area contributed by atoms with Crippen LogP contribution in [0.25, 0.3) is 21.7 Å². The molecule has 0 aliphatic heterocycles. The van der Waals surface area contributed by atoms with Crippen LogP contribution < -0.4 is 5.43 Å². The number of carbonyl (C=O) groups is 1. The number of aromatic nitrogens is 2. The van der Waals surface area contributed by atoms with E-state index in [1.807, 2.05) is 56.3 Å². The van der Waals surface area contributed by atoms with Crippen molar-refractivity contribution in [1.82, 2.24) is 15.6 Å². The van der Waals surface area contributed by atoms with Crippen molar-refractivity contribution in [2.45, 2.75) is 13.8 Å². The highest BCUT2D eigenvalue weighted by Gasteiger charge is 2.12. The zero-order valence-corrected chi connectivity index (χ0v) is 17.0. The molecule has 2 heterocycles. The number of carbonyl (C=O) groups excluding carboxylic acids is 1. The van der Waals surface area contributed by atoms with Gasteiger partial charge in [0.05, 0.1) is 16.3 Å². The Morgan fingerprint density at radius 3 is 2.41 bits per heavy atom. The molecule has 0 aliphatic rings. The van der Waals surface area contributed by atoms with E-state index in [1.54, 1.807) is 17.4 Å². The summed E-state index contributed by atoms with van der Waals surface area (Å²) in [5.41, 5.74) is 7.69. The Labute approximate surface area is 173 Å². The summed E-state index contributed by atoms with van der Waals surface area (Å²) in [5, 5.41) is 11.2. The minimum absolute atomic E-state index is 0.307. The van der Waals surface area contributed by atoms with Gasteiger partial charge in [0, 0.05) is 4.88 Å². The summed E-state index contributed by atoms with van der Waals surface area (Å²) >= 11 is 1.65. The Hall–Kier alpha value is -3.51. The quantitative estimate of drug-likeness (QED) is 0.354. The number of benzene rings is 2. The molecule has 0 spiro atoms. The third-order valence-corrected chi connectivity index (χ3v) is 5.59. The van der Waals surface area contributed by atoms with Gasteiger partial charge >= 0.3 is 0 Å². The van der Waals surface area contributed by atoms with E-state index in [1.165, 1.54) is 4.88 Å². The Morgan fingerprint density at radius 1 is 1.00 bits per heavy atom. The first-order chi connectivity index (χ1) is 14.1. The Kier molecular flexibility index (Phi) is 5.35. The summed E-state index contributed by atoms with van der Waals surface area (Å²) < 4.78 is 0. The van der Waals surface area contributed by atoms with E-state index in [0.717, 1.165) is 33.0 Å². The second-order valence-corrected chi connectivity index (χ2v) is 7.95. The SMILES string of the molecule is C/C(=N\NC(=O)c1cc(-c2ccc(C)s2)[nH]n1)c1ccc(-c2ccccc2)cc1. The van der Waals surface area contributed by atoms with Gasteiger partial charge in [-0.2, -0.15) is 10.2 Å². The summed E-state index contributed by atoms with van der Waals surface area (Å²) in [4.78, 5) is 14.6. The van der Waals surface area contributed by atoms with E-state index in [0.29, 0.717) is 5.69 Å². The topological polar surface area (TPSA) is 70.1 Å². The largest absolute Gasteiger partial charge is 0.291 e. The lowest BCUT2D eigenvalue weighted by molar-refractivity contribution is 0.0950. The number of aryl methyl sites for hydroxylation is 1. The van der Waals surface area contributed by atoms with Crippen LogP contribution in [0.4, 0.5) is 0 Å². The zero-order chi connectivity index (χ0) is 20.2. The van der Waals surface area contributed by atoms with Crippen LogP contribution in [0.2, 0.25) is 0 Å². The number of thiophene rings is 1. The molecule has 6 heteroatoms. The lowest BCUT2D eigenvalue weighted by Crippen LogP contribution is -2.19. The van der Waals surface area contributed by atoms with E-state index >= 15 is 0 Å². The summed E-state index contributed by atoms with van der Waals surface area (Å²) in [6.07, 6.45) is 0. The van der Waals surface area contributed by atoms with E-state index < -0.39 is 0 Å². The maximum Gasteiger partial charge on any atom is 0.291 e. The number of nitrogens with one attached hydrogen (secondary N) is 2. The molecule has 0 saturated carbocycles. The summed E-state index contributed by atoms with van der Waals surface area (Å²) in [5.74, 6) is -0.346. The first kappa shape index (κ1) is 18.8. The van der Waals surface area contributed by atoms with Crippen molar-refractivity contribution < 1.29 is 4.79 Å². The third kappa shape index (κ3) is 4.33. The third-order valence-electron chi connectivity index (χ3n) is 4.55. The molecule has 0 aliphatic carbocycles. The van der Waals surface area contributed by atoms with Crippen LogP contribution in [0.15, 0.2) is 77.9 Å². The maximum atomic E-state index is 12.4. The van der Waals surface area contributed by atoms with Crippen molar-refractivity contribution in [2.24, 2.45) is 5.10 Å². The van der Waals surface area contributed by atoms with Gasteiger partial charge in [-0.05, 0) is 48.7 Å². The van der Waals surface area contributed by atoms with Crippen LogP contribution in [-0.2, 0) is 0 Å². The molecule has 2 N–H and O–H groups in total. The molecule has 144 valence electrons. The van der Waals surface area contributed by atoms with Crippen molar-refractivity contribution in [3.63, 3.8) is 0 Å². The van der Waals surface area contributed by atoms with Gasteiger partial charge in [0.15, 0.2) is 5.69 Å². The average Bonchev–Trinajstić information content (AvgIpc) is 3.42. The van der Waals surface area contributed by atoms with Crippen molar-refractivity contribution in [3.05, 3.63) is 88.9 Å². The minimum Gasteiger partial charge on any atom is -0.276 e. The smallest absolute Gasteiger partial charge is 0.276 e. The van der Waals surface area contributed by atoms with E-state index in [2.05, 4.69) is 45.0 Å². The van der Waals surface area contributed by atoms with Crippen LogP contribution in [0.5, 0.6) is 0 Å². The lowest BCUT2D eigenvalue weighted by Gasteiger charge is -2.05. The van der Waals surface area contributed by atoms with Crippen molar-refractivity contribution >= 4 is 23.0 Å². The number of aromatic amines is 1. The number of nitrogens with zero attached hydrogens (tertiary/aromatic N) is 2. The highest BCUT2D eigenvalue weighted by molar-refractivity contribution is 7.15. The fraction of sp³-hybridized carbons (Fsp3) is 0.0870. The molecule has 2 aromatic heterocycles. The van der Waals surface area contributed by atoms with Gasteiger partial charge in [-0.25, -0.2) is 5.43 Å². The molecule has 29 heavy (non-hydrogen) atoms. The number of hydrogen-bond donors (Lipinski definition) is 2. The summed E-state index contributed by atoms with van der Waals surface area (Å²) in [6, 6.07) is 24.1. The maximum absolute atomic E-state index is 12.4. The second-order valence-electron chi connectivity index (χ2n) is 6.66. The van der Waals surface area contributed by atoms with Gasteiger partial charge < -0.3 is 0 Å². The lowest BCUT2D eigenvalue weighted by atomic mass is 10.0. The van der Waals surface area contributed by atoms with Gasteiger partial charge in [-0.1, -0.05) is 54.6 Å². The monoisotopic (exact) mass is 400 g/mol. The average molecular weight is 401 g/mol. The molecular weight excluding hydrogens is 380 g/mol. The predicted molar refractivity (Wildman–Crippen MR) is 118 cm³/mol. The second kappa shape index (κ2) is 8.24. The van der Waals surface area contributed by atoms with Crippen LogP contribution in [0.1, 0.15) is 27.9 Å². The van der Waals surface area contributed by atoms with E-state index in [9.17, 15) is 4.79 Å². The molecule has 4 rings (SSSR count). The molecule has 0 atom stereocenters. The van der Waals surface area contributed by atoms with Crippen LogP contribution in [-0.4, -0.2) is 21.8 Å². The fourth-order valence-electron chi connectivity index (χ4n) is 2.93. The first-order valence-electron chi connectivity index (χ1n) is 9.23. The highest BCUT2D eigenvalue weighted by atomic mass is 32.1. The Balaban J connectivity index is 1.43. The normalized spacial score (nSPS) is 11.4. The molecule has 2 aromatic carbocycles. The van der Waals surface area contributed by atoms with Gasteiger partial charge in [0.25, 0.3) is 5.91 Å². The van der Waals surface area contributed by atoms with Crippen LogP contribution in [0, 0.1) is 6.92 Å². The molecule has 1 amide bonds. The molecule has 0 fully saturated rings. The first-order valence-corrected chi connectivity index (χ1v) is 10.0. The van der Waals surface area contributed by atoms with Crippen molar-refractivity contribution in [1.29, 1.82) is 0 Å². The van der Waals surface area contributed by atoms with Gasteiger partial charge in [-0.15, -0.1) is 11.3 Å². The highest BCUT2D eigenvalue weighted by Crippen LogP contribution is 2.26. The Morgan fingerprint density at radius 2 is 1.72 bits per heavy atom. The van der Waals surface area contributed by atoms with E-state index in [4.69, 9.17) is 0 Å². The number of H-pyrrole nitrogens is 1. The molecule has 5 nitrogen and oxygen atoms in total. The molecular formula is C23H20N4OS.